The number of nitrogens with one attached hydrogen (secondary N) is 1. The lowest BCUT2D eigenvalue weighted by Gasteiger charge is -2.34. The maximum absolute atomic E-state index is 4.51. The number of fused-ring (bicyclic) bond motifs is 1. The summed E-state index contributed by atoms with van der Waals surface area (Å²) in [6.45, 7) is 4.35. The van der Waals surface area contributed by atoms with Gasteiger partial charge in [0.25, 0.3) is 0 Å². The number of halogens is 2. The summed E-state index contributed by atoms with van der Waals surface area (Å²) in [4.78, 5) is 9.16. The van der Waals surface area contributed by atoms with Gasteiger partial charge in [-0.25, -0.2) is 9.50 Å². The topological polar surface area (TPSA) is 48.7 Å². The van der Waals surface area contributed by atoms with Crippen molar-refractivity contribution in [3.63, 3.8) is 0 Å². The van der Waals surface area contributed by atoms with Crippen molar-refractivity contribution in [3.05, 3.63) is 45.6 Å². The van der Waals surface area contributed by atoms with Crippen molar-refractivity contribution < 1.29 is 0 Å². The molecule has 0 atom stereocenters. The molecular weight excluding hydrogens is 448 g/mol. The molecule has 1 fully saturated rings. The van der Waals surface area contributed by atoms with E-state index in [2.05, 4.69) is 88.4 Å². The number of hydrogen-bond donors (Lipinski definition) is 1. The molecule has 0 amide bonds. The first-order chi connectivity index (χ1) is 12.1. The Morgan fingerprint density at radius 2 is 1.76 bits per heavy atom. The highest BCUT2D eigenvalue weighted by molar-refractivity contribution is 9.11. The van der Waals surface area contributed by atoms with Gasteiger partial charge in [-0.2, -0.15) is 0 Å². The molecule has 1 aliphatic rings. The SMILES string of the molecule is CN1CCN(c2ccc(Nc3ncc4c(Br)cc(Br)n4n3)cc2)CC1. The molecule has 4 rings (SSSR count). The fraction of sp³-hybridized carbons (Fsp3) is 0.294. The molecule has 25 heavy (non-hydrogen) atoms. The van der Waals surface area contributed by atoms with E-state index < -0.39 is 0 Å². The van der Waals surface area contributed by atoms with Crippen molar-refractivity contribution in [2.45, 2.75) is 0 Å². The zero-order valence-corrected chi connectivity index (χ0v) is 17.0. The number of hydrogen-bond acceptors (Lipinski definition) is 5. The van der Waals surface area contributed by atoms with Crippen LogP contribution in [0.15, 0.2) is 45.6 Å². The number of aromatic nitrogens is 3. The monoisotopic (exact) mass is 464 g/mol. The Balaban J connectivity index is 1.50. The van der Waals surface area contributed by atoms with E-state index in [4.69, 9.17) is 0 Å². The van der Waals surface area contributed by atoms with Gasteiger partial charge in [-0.1, -0.05) is 0 Å². The van der Waals surface area contributed by atoms with E-state index in [9.17, 15) is 0 Å². The number of rotatable bonds is 3. The highest BCUT2D eigenvalue weighted by Crippen LogP contribution is 2.26. The molecule has 0 radical (unpaired) electrons. The Bertz CT molecular complexity index is 884. The minimum atomic E-state index is 0.559. The van der Waals surface area contributed by atoms with Crippen LogP contribution in [0.25, 0.3) is 5.52 Å². The van der Waals surface area contributed by atoms with Crippen LogP contribution in [0, 0.1) is 0 Å². The van der Waals surface area contributed by atoms with E-state index in [1.807, 2.05) is 6.07 Å². The van der Waals surface area contributed by atoms with Gasteiger partial charge in [0.2, 0.25) is 5.95 Å². The fourth-order valence-corrected chi connectivity index (χ4v) is 4.22. The Kier molecular flexibility index (Phi) is 4.66. The first kappa shape index (κ1) is 16.8. The molecule has 8 heteroatoms. The summed E-state index contributed by atoms with van der Waals surface area (Å²) in [6, 6.07) is 10.4. The second kappa shape index (κ2) is 6.93. The second-order valence-electron chi connectivity index (χ2n) is 6.16. The second-order valence-corrected chi connectivity index (χ2v) is 7.82. The fourth-order valence-electron chi connectivity index (χ4n) is 2.92. The molecule has 6 nitrogen and oxygen atoms in total. The summed E-state index contributed by atoms with van der Waals surface area (Å²) in [5, 5.41) is 7.78. The molecule has 2 aromatic heterocycles. The van der Waals surface area contributed by atoms with E-state index in [1.54, 1.807) is 10.7 Å². The Morgan fingerprint density at radius 3 is 2.48 bits per heavy atom. The zero-order chi connectivity index (χ0) is 17.4. The third-order valence-corrected chi connectivity index (χ3v) is 5.62. The zero-order valence-electron chi connectivity index (χ0n) is 13.8. The van der Waals surface area contributed by atoms with Gasteiger partial charge in [-0.15, -0.1) is 5.10 Å². The van der Waals surface area contributed by atoms with Crippen LogP contribution < -0.4 is 10.2 Å². The lowest BCUT2D eigenvalue weighted by atomic mass is 10.2. The van der Waals surface area contributed by atoms with Gasteiger partial charge >= 0.3 is 0 Å². The van der Waals surface area contributed by atoms with Crippen molar-refractivity contribution in [1.82, 2.24) is 19.5 Å². The first-order valence-corrected chi connectivity index (χ1v) is 9.69. The van der Waals surface area contributed by atoms with E-state index in [1.165, 1.54) is 5.69 Å². The van der Waals surface area contributed by atoms with Crippen LogP contribution in [-0.4, -0.2) is 52.7 Å². The summed E-state index contributed by atoms with van der Waals surface area (Å²) >= 11 is 7.00. The number of likely N-dealkylation sites (N-methyl/N-ethyl adjacent to an activating group) is 1. The molecule has 0 unspecified atom stereocenters. The van der Waals surface area contributed by atoms with Crippen molar-refractivity contribution >= 4 is 54.7 Å². The molecule has 1 aliphatic heterocycles. The van der Waals surface area contributed by atoms with Gasteiger partial charge in [-0.05, 0) is 69.2 Å². The predicted molar refractivity (Wildman–Crippen MR) is 108 cm³/mol. The molecule has 0 aliphatic carbocycles. The number of nitrogens with zero attached hydrogens (tertiary/aromatic N) is 5. The number of benzene rings is 1. The maximum Gasteiger partial charge on any atom is 0.245 e. The maximum atomic E-state index is 4.51. The molecule has 3 aromatic rings. The molecule has 0 spiro atoms. The Hall–Kier alpha value is -1.64. The third-order valence-electron chi connectivity index (χ3n) is 4.42. The van der Waals surface area contributed by atoms with Gasteiger partial charge in [0.1, 0.15) is 4.60 Å². The molecule has 130 valence electrons. The summed E-state index contributed by atoms with van der Waals surface area (Å²) in [7, 11) is 2.17. The van der Waals surface area contributed by atoms with Crippen LogP contribution in [0.4, 0.5) is 17.3 Å². The average molecular weight is 466 g/mol. The molecule has 0 saturated carbocycles. The first-order valence-electron chi connectivity index (χ1n) is 8.10. The van der Waals surface area contributed by atoms with Crippen molar-refractivity contribution in [2.24, 2.45) is 0 Å². The minimum Gasteiger partial charge on any atom is -0.369 e. The molecule has 1 N–H and O–H groups in total. The number of piperazine rings is 1. The minimum absolute atomic E-state index is 0.559. The van der Waals surface area contributed by atoms with E-state index >= 15 is 0 Å². The third kappa shape index (κ3) is 3.51. The molecule has 0 bridgehead atoms. The predicted octanol–water partition coefficient (Wildman–Crippen LogP) is 3.75. The largest absolute Gasteiger partial charge is 0.369 e. The summed E-state index contributed by atoms with van der Waals surface area (Å²) in [5.41, 5.74) is 3.15. The summed E-state index contributed by atoms with van der Waals surface area (Å²) in [6.07, 6.45) is 1.79. The highest BCUT2D eigenvalue weighted by Gasteiger charge is 2.14. The van der Waals surface area contributed by atoms with Crippen LogP contribution in [0.2, 0.25) is 0 Å². The van der Waals surface area contributed by atoms with Crippen molar-refractivity contribution in [1.29, 1.82) is 0 Å². The van der Waals surface area contributed by atoms with E-state index in [-0.39, 0.29) is 0 Å². The molecule has 1 aromatic carbocycles. The molecular formula is C17H18Br2N6. The van der Waals surface area contributed by atoms with Crippen molar-refractivity contribution in [2.75, 3.05) is 43.4 Å². The number of anilines is 3. The quantitative estimate of drug-likeness (QED) is 0.638. The van der Waals surface area contributed by atoms with Gasteiger partial charge in [-0.3, -0.25) is 0 Å². The van der Waals surface area contributed by atoms with Crippen LogP contribution in [0.5, 0.6) is 0 Å². The summed E-state index contributed by atoms with van der Waals surface area (Å²) in [5.74, 6) is 0.559. The summed E-state index contributed by atoms with van der Waals surface area (Å²) < 4.78 is 3.64. The average Bonchev–Trinajstić information content (AvgIpc) is 2.90. The highest BCUT2D eigenvalue weighted by atomic mass is 79.9. The molecule has 1 saturated heterocycles. The Labute approximate surface area is 163 Å². The van der Waals surface area contributed by atoms with Gasteiger partial charge < -0.3 is 15.1 Å². The van der Waals surface area contributed by atoms with Gasteiger partial charge in [0.15, 0.2) is 0 Å². The van der Waals surface area contributed by atoms with Crippen LogP contribution >= 0.6 is 31.9 Å². The lowest BCUT2D eigenvalue weighted by molar-refractivity contribution is 0.313. The Morgan fingerprint density at radius 1 is 1.04 bits per heavy atom. The van der Waals surface area contributed by atoms with E-state index in [0.717, 1.165) is 46.5 Å². The van der Waals surface area contributed by atoms with E-state index in [0.29, 0.717) is 5.95 Å². The van der Waals surface area contributed by atoms with Gasteiger partial charge in [0, 0.05) is 42.0 Å². The molecule has 3 heterocycles. The van der Waals surface area contributed by atoms with Crippen LogP contribution in [0.3, 0.4) is 0 Å². The van der Waals surface area contributed by atoms with Crippen LogP contribution in [0.1, 0.15) is 0 Å². The smallest absolute Gasteiger partial charge is 0.245 e. The standard InChI is InChI=1S/C17H18Br2N6/c1-23-6-8-24(9-7-23)13-4-2-12(3-5-13)21-17-20-11-15-14(18)10-16(19)25(15)22-17/h2-5,10-11H,6-9H2,1H3,(H,21,22). The lowest BCUT2D eigenvalue weighted by Crippen LogP contribution is -2.44. The van der Waals surface area contributed by atoms with Crippen molar-refractivity contribution in [3.8, 4) is 0 Å². The normalized spacial score (nSPS) is 15.7. The van der Waals surface area contributed by atoms with Gasteiger partial charge in [0.05, 0.1) is 11.7 Å². The van der Waals surface area contributed by atoms with Crippen LogP contribution in [-0.2, 0) is 0 Å².